The molecule has 5 nitrogen and oxygen atoms in total. The van der Waals surface area contributed by atoms with Crippen LogP contribution in [0, 0.1) is 17.6 Å². The average Bonchev–Trinajstić information content (AvgIpc) is 3.40. The van der Waals surface area contributed by atoms with Gasteiger partial charge in [-0.05, 0) is 30.5 Å². The molecule has 7 heteroatoms. The van der Waals surface area contributed by atoms with Crippen molar-refractivity contribution in [2.45, 2.75) is 37.0 Å². The van der Waals surface area contributed by atoms with Crippen molar-refractivity contribution in [1.82, 2.24) is 20.4 Å². The van der Waals surface area contributed by atoms with E-state index < -0.39 is 17.0 Å². The molecule has 0 spiro atoms. The number of aryl methyl sites for hydroxylation is 1. The molecule has 1 aromatic heterocycles. The smallest absolute Gasteiger partial charge is 0.225 e. The van der Waals surface area contributed by atoms with Crippen LogP contribution in [0.2, 0.25) is 0 Å². The van der Waals surface area contributed by atoms with Crippen LogP contribution in [0.3, 0.4) is 0 Å². The standard InChI is InChI=1S/C21H26F2N4O/c1-27-12-14(9-26-27)15-10-24-11-16(15)20(28)25-13-21(7-2-3-8-21)19-17(22)5-4-6-18(19)23/h4-6,9,12,15-16,24H,2-3,7-8,10-11,13H2,1H3,(H,25,28)/t15-,16+/m1/s1. The number of hydrogen-bond donors (Lipinski definition) is 2. The third kappa shape index (κ3) is 3.43. The van der Waals surface area contributed by atoms with Gasteiger partial charge in [0.2, 0.25) is 5.91 Å². The maximum absolute atomic E-state index is 14.5. The zero-order valence-electron chi connectivity index (χ0n) is 16.0. The molecule has 2 atom stereocenters. The fraction of sp³-hybridized carbons (Fsp3) is 0.524. The molecule has 150 valence electrons. The number of nitrogens with zero attached hydrogens (tertiary/aromatic N) is 2. The van der Waals surface area contributed by atoms with Crippen molar-refractivity contribution in [2.24, 2.45) is 13.0 Å². The van der Waals surface area contributed by atoms with Gasteiger partial charge in [0.1, 0.15) is 11.6 Å². The predicted octanol–water partition coefficient (Wildman–Crippen LogP) is 2.63. The van der Waals surface area contributed by atoms with Gasteiger partial charge in [0.05, 0.1) is 12.1 Å². The molecule has 2 N–H and O–H groups in total. The van der Waals surface area contributed by atoms with Crippen LogP contribution in [0.1, 0.15) is 42.7 Å². The highest BCUT2D eigenvalue weighted by Gasteiger charge is 2.41. The van der Waals surface area contributed by atoms with E-state index in [1.54, 1.807) is 10.9 Å². The van der Waals surface area contributed by atoms with E-state index in [4.69, 9.17) is 0 Å². The van der Waals surface area contributed by atoms with E-state index in [9.17, 15) is 13.6 Å². The first-order chi connectivity index (χ1) is 13.5. The number of hydrogen-bond acceptors (Lipinski definition) is 3. The number of carbonyl (C=O) groups is 1. The number of benzene rings is 1. The van der Waals surface area contributed by atoms with Crippen molar-refractivity contribution in [3.63, 3.8) is 0 Å². The molecule has 0 unspecified atom stereocenters. The molecule has 28 heavy (non-hydrogen) atoms. The van der Waals surface area contributed by atoms with Gasteiger partial charge < -0.3 is 10.6 Å². The number of aromatic nitrogens is 2. The van der Waals surface area contributed by atoms with E-state index in [0.717, 1.165) is 24.9 Å². The molecule has 1 aliphatic heterocycles. The van der Waals surface area contributed by atoms with Crippen LogP contribution in [0.25, 0.3) is 0 Å². The summed E-state index contributed by atoms with van der Waals surface area (Å²) in [4.78, 5) is 13.0. The summed E-state index contributed by atoms with van der Waals surface area (Å²) >= 11 is 0. The highest BCUT2D eigenvalue weighted by Crippen LogP contribution is 2.43. The van der Waals surface area contributed by atoms with E-state index in [1.807, 2.05) is 13.2 Å². The molecule has 1 aliphatic carbocycles. The van der Waals surface area contributed by atoms with Gasteiger partial charge in [0.25, 0.3) is 0 Å². The minimum absolute atomic E-state index is 0.0541. The summed E-state index contributed by atoms with van der Waals surface area (Å²) in [5.41, 5.74) is 0.491. The average molecular weight is 388 g/mol. The Kier molecular flexibility index (Phi) is 5.19. The first kappa shape index (κ1) is 19.1. The van der Waals surface area contributed by atoms with E-state index in [2.05, 4.69) is 15.7 Å². The van der Waals surface area contributed by atoms with Crippen LogP contribution in [-0.4, -0.2) is 35.3 Å². The molecular formula is C21H26F2N4O. The molecule has 0 radical (unpaired) electrons. The molecule has 1 amide bonds. The van der Waals surface area contributed by atoms with Crippen LogP contribution in [-0.2, 0) is 17.3 Å². The number of nitrogens with one attached hydrogen (secondary N) is 2. The first-order valence-electron chi connectivity index (χ1n) is 9.92. The van der Waals surface area contributed by atoms with Crippen molar-refractivity contribution >= 4 is 5.91 Å². The van der Waals surface area contributed by atoms with Crippen LogP contribution in [0.15, 0.2) is 30.6 Å². The summed E-state index contributed by atoms with van der Waals surface area (Å²) in [6.07, 6.45) is 6.91. The Labute approximate surface area is 163 Å². The van der Waals surface area contributed by atoms with Gasteiger partial charge in [-0.2, -0.15) is 5.10 Å². The molecule has 2 aliphatic rings. The number of rotatable bonds is 5. The second-order valence-corrected chi connectivity index (χ2v) is 8.12. The molecule has 2 aromatic rings. The van der Waals surface area contributed by atoms with Gasteiger partial charge in [-0.3, -0.25) is 9.48 Å². The Balaban J connectivity index is 1.51. The monoisotopic (exact) mass is 388 g/mol. The highest BCUT2D eigenvalue weighted by atomic mass is 19.1. The molecule has 2 fully saturated rings. The van der Waals surface area contributed by atoms with Crippen LogP contribution >= 0.6 is 0 Å². The van der Waals surface area contributed by atoms with Gasteiger partial charge >= 0.3 is 0 Å². The third-order valence-corrected chi connectivity index (χ3v) is 6.36. The van der Waals surface area contributed by atoms with Crippen molar-refractivity contribution < 1.29 is 13.6 Å². The zero-order valence-corrected chi connectivity index (χ0v) is 16.0. The number of halogens is 2. The number of amides is 1. The van der Waals surface area contributed by atoms with Crippen molar-refractivity contribution in [1.29, 1.82) is 0 Å². The van der Waals surface area contributed by atoms with Gasteiger partial charge in [-0.1, -0.05) is 18.9 Å². The molecule has 2 heterocycles. The summed E-state index contributed by atoms with van der Waals surface area (Å²) < 4.78 is 30.7. The van der Waals surface area contributed by atoms with Gasteiger partial charge in [0.15, 0.2) is 0 Å². The highest BCUT2D eigenvalue weighted by molar-refractivity contribution is 5.80. The molecule has 1 aromatic carbocycles. The van der Waals surface area contributed by atoms with E-state index in [0.29, 0.717) is 19.4 Å². The first-order valence-corrected chi connectivity index (χ1v) is 9.92. The topological polar surface area (TPSA) is 59.0 Å². The Bertz CT molecular complexity index is 840. The van der Waals surface area contributed by atoms with Gasteiger partial charge in [0, 0.05) is 49.8 Å². The fourth-order valence-electron chi connectivity index (χ4n) is 4.89. The van der Waals surface area contributed by atoms with Crippen molar-refractivity contribution in [3.05, 3.63) is 53.4 Å². The fourth-order valence-corrected chi connectivity index (χ4v) is 4.89. The molecular weight excluding hydrogens is 362 g/mol. The predicted molar refractivity (Wildman–Crippen MR) is 102 cm³/mol. The molecule has 1 saturated heterocycles. The lowest BCUT2D eigenvalue weighted by atomic mass is 9.78. The van der Waals surface area contributed by atoms with Crippen LogP contribution in [0.4, 0.5) is 8.78 Å². The SMILES string of the molecule is Cn1cc([C@H]2CNC[C@@H]2C(=O)NCC2(c3c(F)cccc3F)CCCC2)cn1. The van der Waals surface area contributed by atoms with Crippen LogP contribution < -0.4 is 10.6 Å². The Morgan fingerprint density at radius 1 is 1.29 bits per heavy atom. The van der Waals surface area contributed by atoms with E-state index in [1.165, 1.54) is 18.2 Å². The Morgan fingerprint density at radius 3 is 2.64 bits per heavy atom. The van der Waals surface area contributed by atoms with E-state index >= 15 is 0 Å². The Morgan fingerprint density at radius 2 is 2.00 bits per heavy atom. The van der Waals surface area contributed by atoms with Gasteiger partial charge in [-0.15, -0.1) is 0 Å². The van der Waals surface area contributed by atoms with Crippen molar-refractivity contribution in [2.75, 3.05) is 19.6 Å². The zero-order chi connectivity index (χ0) is 19.7. The third-order valence-electron chi connectivity index (χ3n) is 6.36. The molecule has 4 rings (SSSR count). The van der Waals surface area contributed by atoms with E-state index in [-0.39, 0.29) is 29.9 Å². The molecule has 1 saturated carbocycles. The lowest BCUT2D eigenvalue weighted by molar-refractivity contribution is -0.125. The summed E-state index contributed by atoms with van der Waals surface area (Å²) in [6.45, 7) is 1.57. The number of carbonyl (C=O) groups excluding carboxylic acids is 1. The van der Waals surface area contributed by atoms with Crippen molar-refractivity contribution in [3.8, 4) is 0 Å². The summed E-state index contributed by atoms with van der Waals surface area (Å²) in [6, 6.07) is 4.00. The quantitative estimate of drug-likeness (QED) is 0.828. The molecule has 0 bridgehead atoms. The lowest BCUT2D eigenvalue weighted by Crippen LogP contribution is -2.43. The second kappa shape index (κ2) is 7.62. The minimum atomic E-state index is -0.666. The Hall–Kier alpha value is -2.28. The minimum Gasteiger partial charge on any atom is -0.355 e. The van der Waals surface area contributed by atoms with Crippen LogP contribution in [0.5, 0.6) is 0 Å². The second-order valence-electron chi connectivity index (χ2n) is 8.12. The normalized spacial score (nSPS) is 23.8. The summed E-state index contributed by atoms with van der Waals surface area (Å²) in [5.74, 6) is -1.27. The summed E-state index contributed by atoms with van der Waals surface area (Å²) in [5, 5.41) is 10.5. The maximum Gasteiger partial charge on any atom is 0.225 e. The maximum atomic E-state index is 14.5. The lowest BCUT2D eigenvalue weighted by Gasteiger charge is -2.31. The largest absolute Gasteiger partial charge is 0.355 e. The van der Waals surface area contributed by atoms with Gasteiger partial charge in [-0.25, -0.2) is 8.78 Å². The summed E-state index contributed by atoms with van der Waals surface area (Å²) in [7, 11) is 1.85.